The van der Waals surface area contributed by atoms with Crippen LogP contribution in [0.2, 0.25) is 0 Å². The van der Waals surface area contributed by atoms with Gasteiger partial charge in [-0.2, -0.15) is 4.31 Å². The summed E-state index contributed by atoms with van der Waals surface area (Å²) in [6, 6.07) is 14.9. The van der Waals surface area contributed by atoms with Crippen LogP contribution in [0.1, 0.15) is 34.2 Å². The molecule has 9 nitrogen and oxygen atoms in total. The molecule has 0 aromatic heterocycles. The van der Waals surface area contributed by atoms with Crippen molar-refractivity contribution < 1.29 is 26.4 Å². The molecule has 0 bridgehead atoms. The van der Waals surface area contributed by atoms with Crippen molar-refractivity contribution >= 4 is 37.5 Å². The maximum absolute atomic E-state index is 14.3. The molecular formula is C28H31N3O6S2. The van der Waals surface area contributed by atoms with Gasteiger partial charge in [0.25, 0.3) is 5.91 Å². The van der Waals surface area contributed by atoms with Gasteiger partial charge < -0.3 is 0 Å². The van der Waals surface area contributed by atoms with Gasteiger partial charge in [-0.15, -0.1) is 0 Å². The molecule has 39 heavy (non-hydrogen) atoms. The van der Waals surface area contributed by atoms with Crippen molar-refractivity contribution in [3.05, 3.63) is 88.5 Å². The Morgan fingerprint density at radius 3 is 1.97 bits per heavy atom. The zero-order chi connectivity index (χ0) is 28.7. The van der Waals surface area contributed by atoms with E-state index in [1.54, 1.807) is 56.3 Å². The Balaban J connectivity index is 1.77. The lowest BCUT2D eigenvalue weighted by Gasteiger charge is -2.29. The lowest BCUT2D eigenvalue weighted by Crippen LogP contribution is -2.46. The van der Waals surface area contributed by atoms with E-state index < -0.39 is 37.9 Å². The summed E-state index contributed by atoms with van der Waals surface area (Å²) in [4.78, 5) is 27.8. The summed E-state index contributed by atoms with van der Waals surface area (Å²) < 4.78 is 53.0. The van der Waals surface area contributed by atoms with Crippen molar-refractivity contribution in [1.29, 1.82) is 0 Å². The fourth-order valence-electron chi connectivity index (χ4n) is 4.90. The highest BCUT2D eigenvalue weighted by molar-refractivity contribution is 7.89. The molecule has 0 radical (unpaired) electrons. The summed E-state index contributed by atoms with van der Waals surface area (Å²) in [6.45, 7) is 7.03. The van der Waals surface area contributed by atoms with Crippen molar-refractivity contribution in [3.63, 3.8) is 0 Å². The first-order chi connectivity index (χ1) is 18.2. The van der Waals surface area contributed by atoms with Crippen LogP contribution in [-0.4, -0.2) is 45.5 Å². The molecule has 3 aromatic carbocycles. The summed E-state index contributed by atoms with van der Waals surface area (Å²) in [5.41, 5.74) is 3.79. The molecule has 1 heterocycles. The Hall–Kier alpha value is -3.38. The van der Waals surface area contributed by atoms with Crippen molar-refractivity contribution in [2.24, 2.45) is 5.14 Å². The number of aryl methyl sites for hydroxylation is 2. The number of benzene rings is 3. The molecule has 3 aromatic rings. The number of nitrogens with zero attached hydrogens (tertiary/aromatic N) is 2. The molecule has 1 fully saturated rings. The second-order valence-corrected chi connectivity index (χ2v) is 13.2. The molecule has 11 heteroatoms. The van der Waals surface area contributed by atoms with Crippen LogP contribution in [0.15, 0.2) is 70.5 Å². The smallest absolute Gasteiger partial charge is 0.252 e. The molecule has 2 amide bonds. The van der Waals surface area contributed by atoms with Crippen LogP contribution < -0.4 is 10.0 Å². The second-order valence-electron chi connectivity index (χ2n) is 9.77. The SMILES string of the molecule is Cc1cc(C)c(C)c(S(=O)(=O)N(CCc2ccc(S(N)(=O)=O)cc2)C2CC(=O)N(c3ccccc3)C2=O)c1C. The van der Waals surface area contributed by atoms with Gasteiger partial charge in [0.15, 0.2) is 0 Å². The van der Waals surface area contributed by atoms with E-state index >= 15 is 0 Å². The van der Waals surface area contributed by atoms with E-state index in [4.69, 9.17) is 5.14 Å². The molecule has 1 saturated heterocycles. The number of nitrogens with two attached hydrogens (primary N) is 1. The second kappa shape index (κ2) is 10.6. The largest absolute Gasteiger partial charge is 0.274 e. The molecule has 0 saturated carbocycles. The van der Waals surface area contributed by atoms with Gasteiger partial charge in [-0.3, -0.25) is 9.59 Å². The van der Waals surface area contributed by atoms with Gasteiger partial charge in [0.05, 0.1) is 21.9 Å². The van der Waals surface area contributed by atoms with Crippen LogP contribution in [0.3, 0.4) is 0 Å². The molecule has 1 aliphatic rings. The minimum absolute atomic E-state index is 0.0627. The molecular weight excluding hydrogens is 538 g/mol. The molecule has 1 atom stereocenters. The predicted octanol–water partition coefficient (Wildman–Crippen LogP) is 3.13. The van der Waals surface area contributed by atoms with Crippen molar-refractivity contribution in [2.75, 3.05) is 11.4 Å². The number of carbonyl (C=O) groups excluding carboxylic acids is 2. The van der Waals surface area contributed by atoms with E-state index in [1.165, 1.54) is 12.1 Å². The van der Waals surface area contributed by atoms with Crippen LogP contribution in [-0.2, 0) is 36.1 Å². The number of sulfonamides is 2. The van der Waals surface area contributed by atoms with Crippen molar-refractivity contribution in [1.82, 2.24) is 4.31 Å². The number of imide groups is 1. The number of rotatable bonds is 8. The minimum Gasteiger partial charge on any atom is -0.274 e. The zero-order valence-electron chi connectivity index (χ0n) is 22.2. The van der Waals surface area contributed by atoms with E-state index in [1.807, 2.05) is 19.9 Å². The summed E-state index contributed by atoms with van der Waals surface area (Å²) in [5.74, 6) is -1.10. The quantitative estimate of drug-likeness (QED) is 0.414. The van der Waals surface area contributed by atoms with Crippen LogP contribution in [0.5, 0.6) is 0 Å². The van der Waals surface area contributed by atoms with Gasteiger partial charge in [-0.1, -0.05) is 36.4 Å². The maximum atomic E-state index is 14.3. The molecule has 0 aliphatic carbocycles. The number of anilines is 1. The average molecular weight is 570 g/mol. The summed E-state index contributed by atoms with van der Waals surface area (Å²) in [6.07, 6.45) is -0.115. The minimum atomic E-state index is -4.24. The number of amides is 2. The molecule has 1 unspecified atom stereocenters. The molecule has 1 aliphatic heterocycles. The first-order valence-corrected chi connectivity index (χ1v) is 15.3. The predicted molar refractivity (Wildman–Crippen MR) is 148 cm³/mol. The van der Waals surface area contributed by atoms with Crippen LogP contribution in [0.25, 0.3) is 0 Å². The number of hydrogen-bond donors (Lipinski definition) is 1. The van der Waals surface area contributed by atoms with Gasteiger partial charge in [-0.25, -0.2) is 26.9 Å². The van der Waals surface area contributed by atoms with E-state index in [-0.39, 0.29) is 29.2 Å². The Morgan fingerprint density at radius 2 is 1.44 bits per heavy atom. The zero-order valence-corrected chi connectivity index (χ0v) is 23.8. The van der Waals surface area contributed by atoms with E-state index in [0.29, 0.717) is 22.4 Å². The summed E-state index contributed by atoms with van der Waals surface area (Å²) in [5, 5.41) is 5.19. The maximum Gasteiger partial charge on any atom is 0.252 e. The highest BCUT2D eigenvalue weighted by atomic mass is 32.2. The van der Waals surface area contributed by atoms with Gasteiger partial charge in [-0.05, 0) is 86.2 Å². The Kier molecular flexibility index (Phi) is 7.82. The number of para-hydroxylation sites is 1. The summed E-state index contributed by atoms with van der Waals surface area (Å²) in [7, 11) is -8.12. The third-order valence-corrected chi connectivity index (χ3v) is 10.3. The van der Waals surface area contributed by atoms with Gasteiger partial charge in [0.1, 0.15) is 6.04 Å². The Labute approximate surface area is 229 Å². The van der Waals surface area contributed by atoms with Crippen LogP contribution in [0.4, 0.5) is 5.69 Å². The van der Waals surface area contributed by atoms with Crippen LogP contribution in [0, 0.1) is 27.7 Å². The fraction of sp³-hybridized carbons (Fsp3) is 0.286. The first-order valence-electron chi connectivity index (χ1n) is 12.4. The summed E-state index contributed by atoms with van der Waals surface area (Å²) >= 11 is 0. The standard InChI is InChI=1S/C28H31N3O6S2/c1-18-16-19(2)21(4)27(20(18)3)39(36,37)30(15-14-22-10-12-24(13-11-22)38(29,34)35)25-17-26(32)31(28(25)33)23-8-6-5-7-9-23/h5-13,16,25H,14-15,17H2,1-4H3,(H2,29,34,35). The average Bonchev–Trinajstić information content (AvgIpc) is 3.16. The number of carbonyl (C=O) groups is 2. The number of hydrogen-bond acceptors (Lipinski definition) is 6. The third kappa shape index (κ3) is 5.53. The van der Waals surface area contributed by atoms with E-state index in [2.05, 4.69) is 0 Å². The highest BCUT2D eigenvalue weighted by Gasteiger charge is 2.47. The molecule has 206 valence electrons. The first kappa shape index (κ1) is 28.6. The topological polar surface area (TPSA) is 135 Å². The number of primary sulfonamides is 1. The Morgan fingerprint density at radius 1 is 0.872 bits per heavy atom. The lowest BCUT2D eigenvalue weighted by molar-refractivity contribution is -0.122. The van der Waals surface area contributed by atoms with E-state index in [9.17, 15) is 26.4 Å². The Bertz CT molecular complexity index is 1630. The third-order valence-electron chi connectivity index (χ3n) is 7.22. The fourth-order valence-corrected chi connectivity index (χ4v) is 7.58. The monoisotopic (exact) mass is 569 g/mol. The normalized spacial score (nSPS) is 16.4. The lowest BCUT2D eigenvalue weighted by atomic mass is 10.0. The molecule has 2 N–H and O–H groups in total. The van der Waals surface area contributed by atoms with Crippen LogP contribution >= 0.6 is 0 Å². The van der Waals surface area contributed by atoms with Gasteiger partial charge in [0.2, 0.25) is 26.0 Å². The van der Waals surface area contributed by atoms with Crippen molar-refractivity contribution in [3.8, 4) is 0 Å². The van der Waals surface area contributed by atoms with Gasteiger partial charge in [0, 0.05) is 6.54 Å². The van der Waals surface area contributed by atoms with Crippen molar-refractivity contribution in [2.45, 2.75) is 56.4 Å². The molecule has 0 spiro atoms. The van der Waals surface area contributed by atoms with E-state index in [0.717, 1.165) is 20.3 Å². The highest BCUT2D eigenvalue weighted by Crippen LogP contribution is 2.33. The molecule has 4 rings (SSSR count). The van der Waals surface area contributed by atoms with Gasteiger partial charge >= 0.3 is 0 Å².